The predicted octanol–water partition coefficient (Wildman–Crippen LogP) is 2.24. The highest BCUT2D eigenvalue weighted by Gasteiger charge is 2.28. The lowest BCUT2D eigenvalue weighted by Gasteiger charge is -2.29. The average molecular weight is 288 g/mol. The van der Waals surface area contributed by atoms with Crippen molar-refractivity contribution in [2.24, 2.45) is 5.18 Å². The van der Waals surface area contributed by atoms with Gasteiger partial charge >= 0.3 is 0 Å². The molecule has 8 heteroatoms. The molecule has 0 saturated carbocycles. The summed E-state index contributed by atoms with van der Waals surface area (Å²) in [6.07, 6.45) is 0.182. The summed E-state index contributed by atoms with van der Waals surface area (Å²) in [4.78, 5) is 11.8. The van der Waals surface area contributed by atoms with Crippen molar-refractivity contribution >= 4 is 21.5 Å². The zero-order valence-electron chi connectivity index (χ0n) is 10.6. The molecule has 1 aromatic rings. The zero-order chi connectivity index (χ0) is 14.6. The van der Waals surface area contributed by atoms with Crippen molar-refractivity contribution in [3.63, 3.8) is 0 Å². The molecule has 0 bridgehead atoms. The molecular formula is C11H16N2O5S. The Labute approximate surface area is 111 Å². The summed E-state index contributed by atoms with van der Waals surface area (Å²) < 4.78 is 31.9. The third-order valence-corrected chi connectivity index (χ3v) is 4.05. The molecule has 7 nitrogen and oxygen atoms in total. The summed E-state index contributed by atoms with van der Waals surface area (Å²) in [7, 11) is -4.24. The third-order valence-electron chi connectivity index (χ3n) is 2.77. The van der Waals surface area contributed by atoms with Crippen molar-refractivity contribution < 1.29 is 18.1 Å². The van der Waals surface area contributed by atoms with Crippen LogP contribution in [0.1, 0.15) is 20.3 Å². The minimum absolute atomic E-state index is 0.125. The highest BCUT2D eigenvalue weighted by atomic mass is 32.2. The quantitative estimate of drug-likeness (QED) is 0.614. The summed E-state index contributed by atoms with van der Waals surface area (Å²) in [5.41, 5.74) is 0.261. The van der Waals surface area contributed by atoms with Gasteiger partial charge in [-0.2, -0.15) is 8.42 Å². The Balaban J connectivity index is 3.23. The molecule has 19 heavy (non-hydrogen) atoms. The molecule has 0 fully saturated rings. The van der Waals surface area contributed by atoms with Crippen LogP contribution in [0.15, 0.2) is 23.4 Å². The van der Waals surface area contributed by atoms with Crippen molar-refractivity contribution in [2.75, 3.05) is 11.4 Å². The first-order valence-electron chi connectivity index (χ1n) is 5.74. The molecule has 0 aliphatic carbocycles. The summed E-state index contributed by atoms with van der Waals surface area (Å²) in [5.74, 6) is -0.337. The van der Waals surface area contributed by atoms with Gasteiger partial charge in [0.2, 0.25) is 0 Å². The average Bonchev–Trinajstić information content (AvgIpc) is 2.34. The van der Waals surface area contributed by atoms with Crippen LogP contribution in [0, 0.1) is 4.91 Å². The standard InChI is InChI=1S/C11H16N2O5S/c1-3-11(19(16,17)18)13(4-2)8-5-6-9(12-15)10(14)7-8/h5-7,11,14H,3-4H2,1-2H3,(H,16,17,18). The second-order valence-corrected chi connectivity index (χ2v) is 5.50. The fraction of sp³-hybridized carbons (Fsp3) is 0.455. The number of benzene rings is 1. The van der Waals surface area contributed by atoms with Crippen LogP contribution in [-0.2, 0) is 10.1 Å². The molecule has 1 aromatic carbocycles. The van der Waals surface area contributed by atoms with Crippen LogP contribution >= 0.6 is 0 Å². The monoisotopic (exact) mass is 288 g/mol. The largest absolute Gasteiger partial charge is 0.505 e. The zero-order valence-corrected chi connectivity index (χ0v) is 11.5. The van der Waals surface area contributed by atoms with Crippen LogP contribution in [0.4, 0.5) is 11.4 Å². The molecule has 1 rings (SSSR count). The smallest absolute Gasteiger partial charge is 0.286 e. The molecule has 0 heterocycles. The van der Waals surface area contributed by atoms with Crippen molar-refractivity contribution in [1.29, 1.82) is 0 Å². The number of nitrogens with zero attached hydrogens (tertiary/aromatic N) is 2. The number of anilines is 1. The van der Waals surface area contributed by atoms with Gasteiger partial charge in [-0.25, -0.2) is 0 Å². The number of aromatic hydroxyl groups is 1. The van der Waals surface area contributed by atoms with Gasteiger partial charge < -0.3 is 10.0 Å². The SMILES string of the molecule is CCC(N(CC)c1ccc(N=O)c(O)c1)S(=O)(=O)O. The first-order valence-corrected chi connectivity index (χ1v) is 7.24. The van der Waals surface area contributed by atoms with E-state index in [4.69, 9.17) is 0 Å². The van der Waals surface area contributed by atoms with Gasteiger partial charge in [0.1, 0.15) is 11.4 Å². The minimum Gasteiger partial charge on any atom is -0.505 e. The van der Waals surface area contributed by atoms with E-state index in [0.717, 1.165) is 0 Å². The second-order valence-electron chi connectivity index (χ2n) is 3.93. The van der Waals surface area contributed by atoms with Crippen LogP contribution in [-0.4, -0.2) is 30.0 Å². The number of hydrogen-bond donors (Lipinski definition) is 2. The van der Waals surface area contributed by atoms with E-state index in [1.165, 1.54) is 23.1 Å². The van der Waals surface area contributed by atoms with Gasteiger partial charge in [0, 0.05) is 18.3 Å². The normalized spacial score (nSPS) is 13.0. The molecule has 0 aliphatic rings. The predicted molar refractivity (Wildman–Crippen MR) is 72.2 cm³/mol. The van der Waals surface area contributed by atoms with Gasteiger partial charge in [-0.3, -0.25) is 4.55 Å². The molecule has 0 amide bonds. The molecule has 0 aliphatic heterocycles. The van der Waals surface area contributed by atoms with Gasteiger partial charge in [0.05, 0.1) is 0 Å². The van der Waals surface area contributed by atoms with Crippen LogP contribution in [0.5, 0.6) is 5.75 Å². The van der Waals surface area contributed by atoms with E-state index in [2.05, 4.69) is 5.18 Å². The maximum atomic E-state index is 11.3. The lowest BCUT2D eigenvalue weighted by Crippen LogP contribution is -2.40. The highest BCUT2D eigenvalue weighted by Crippen LogP contribution is 2.32. The van der Waals surface area contributed by atoms with Crippen molar-refractivity contribution in [3.8, 4) is 5.75 Å². The molecule has 1 unspecified atom stereocenters. The molecular weight excluding hydrogens is 272 g/mol. The first kappa shape index (κ1) is 15.4. The van der Waals surface area contributed by atoms with Crippen LogP contribution in [0.3, 0.4) is 0 Å². The van der Waals surface area contributed by atoms with Crippen molar-refractivity contribution in [1.82, 2.24) is 0 Å². The molecule has 2 N–H and O–H groups in total. The van der Waals surface area contributed by atoms with E-state index in [1.807, 2.05) is 0 Å². The van der Waals surface area contributed by atoms with Gasteiger partial charge in [-0.15, -0.1) is 4.91 Å². The van der Waals surface area contributed by atoms with E-state index in [-0.39, 0.29) is 17.9 Å². The van der Waals surface area contributed by atoms with Crippen LogP contribution in [0.25, 0.3) is 0 Å². The maximum absolute atomic E-state index is 11.3. The fourth-order valence-electron chi connectivity index (χ4n) is 1.91. The first-order chi connectivity index (χ1) is 8.85. The molecule has 0 radical (unpaired) electrons. The molecule has 0 spiro atoms. The Morgan fingerprint density at radius 1 is 1.37 bits per heavy atom. The maximum Gasteiger partial charge on any atom is 0.286 e. The summed E-state index contributed by atoms with van der Waals surface area (Å²) in [6.45, 7) is 3.66. The Morgan fingerprint density at radius 3 is 2.37 bits per heavy atom. The van der Waals surface area contributed by atoms with Gasteiger partial charge in [-0.1, -0.05) is 6.92 Å². The number of phenolic OH excluding ortho intramolecular Hbond substituents is 1. The molecule has 0 saturated heterocycles. The van der Waals surface area contributed by atoms with Crippen molar-refractivity contribution in [3.05, 3.63) is 23.1 Å². The van der Waals surface area contributed by atoms with Crippen LogP contribution < -0.4 is 4.90 Å². The lowest BCUT2D eigenvalue weighted by molar-refractivity contribution is 0.459. The molecule has 106 valence electrons. The summed E-state index contributed by atoms with van der Waals surface area (Å²) in [6, 6.07) is 4.00. The lowest BCUT2D eigenvalue weighted by atomic mass is 10.2. The topological polar surface area (TPSA) is 107 Å². The number of hydrogen-bond acceptors (Lipinski definition) is 6. The Kier molecular flexibility index (Phi) is 4.84. The van der Waals surface area contributed by atoms with E-state index in [1.54, 1.807) is 13.8 Å². The minimum atomic E-state index is -4.24. The number of rotatable bonds is 6. The fourth-order valence-corrected chi connectivity index (χ4v) is 2.93. The Bertz CT molecular complexity index is 558. The van der Waals surface area contributed by atoms with Gasteiger partial charge in [0.25, 0.3) is 10.1 Å². The van der Waals surface area contributed by atoms with Gasteiger partial charge in [0.15, 0.2) is 5.37 Å². The van der Waals surface area contributed by atoms with E-state index in [9.17, 15) is 23.0 Å². The molecule has 0 aromatic heterocycles. The van der Waals surface area contributed by atoms with Gasteiger partial charge in [-0.05, 0) is 30.7 Å². The summed E-state index contributed by atoms with van der Waals surface area (Å²) in [5, 5.41) is 11.1. The Morgan fingerprint density at radius 2 is 2.00 bits per heavy atom. The third kappa shape index (κ3) is 3.42. The van der Waals surface area contributed by atoms with E-state index < -0.39 is 15.5 Å². The second kappa shape index (κ2) is 5.98. The number of nitroso groups, excluding NO2 is 1. The number of phenols is 1. The molecule has 1 atom stereocenters. The van der Waals surface area contributed by atoms with Crippen LogP contribution in [0.2, 0.25) is 0 Å². The van der Waals surface area contributed by atoms with E-state index >= 15 is 0 Å². The highest BCUT2D eigenvalue weighted by molar-refractivity contribution is 7.86. The Hall–Kier alpha value is -1.67. The van der Waals surface area contributed by atoms with E-state index in [0.29, 0.717) is 12.2 Å². The van der Waals surface area contributed by atoms with Crippen molar-refractivity contribution in [2.45, 2.75) is 25.6 Å². The summed E-state index contributed by atoms with van der Waals surface area (Å²) >= 11 is 0.